The summed E-state index contributed by atoms with van der Waals surface area (Å²) in [5.74, 6) is 1.58. The zero-order chi connectivity index (χ0) is 14.7. The minimum absolute atomic E-state index is 0.680. The Morgan fingerprint density at radius 1 is 0.789 bits per heavy atom. The van der Waals surface area contributed by atoms with Crippen molar-refractivity contribution in [1.29, 1.82) is 0 Å². The molecule has 0 bridgehead atoms. The zero-order valence-electron chi connectivity index (χ0n) is 14.3. The summed E-state index contributed by atoms with van der Waals surface area (Å²) < 4.78 is 8.50. The van der Waals surface area contributed by atoms with Crippen molar-refractivity contribution < 1.29 is 0 Å². The molecule has 0 aromatic carbocycles. The molecule has 1 aliphatic rings. The van der Waals surface area contributed by atoms with Crippen LogP contribution in [-0.2, 0) is 0 Å². The van der Waals surface area contributed by atoms with Crippen LogP contribution in [0, 0.1) is 11.8 Å². The summed E-state index contributed by atoms with van der Waals surface area (Å²) in [6.07, 6.45) is 0. The average molecular weight is 375 g/mol. The van der Waals surface area contributed by atoms with Gasteiger partial charge < -0.3 is 0 Å². The van der Waals surface area contributed by atoms with Gasteiger partial charge in [0.1, 0.15) is 0 Å². The minimum atomic E-state index is -1.73. The molecule has 0 unspecified atom stereocenters. The molecule has 4 heteroatoms. The molecule has 0 spiro atoms. The Balaban J connectivity index is 2.78. The number of hydrogen-bond donors (Lipinski definition) is 0. The van der Waals surface area contributed by atoms with Gasteiger partial charge in [-0.2, -0.15) is 0 Å². The van der Waals surface area contributed by atoms with Crippen molar-refractivity contribution in [2.24, 2.45) is 11.8 Å². The molecule has 1 saturated heterocycles. The van der Waals surface area contributed by atoms with Crippen LogP contribution in [0.1, 0.15) is 55.4 Å². The molecule has 0 atom stereocenters. The molecule has 3 nitrogen and oxygen atoms in total. The van der Waals surface area contributed by atoms with Gasteiger partial charge in [0.25, 0.3) is 0 Å². The summed E-state index contributed by atoms with van der Waals surface area (Å²) in [6, 6.07) is 1.36. The van der Waals surface area contributed by atoms with Crippen molar-refractivity contribution in [3.05, 3.63) is 0 Å². The van der Waals surface area contributed by atoms with E-state index in [1.54, 1.807) is 0 Å². The van der Waals surface area contributed by atoms with Crippen molar-refractivity contribution in [3.63, 3.8) is 0 Å². The second-order valence-electron chi connectivity index (χ2n) is 7.27. The number of hydrogen-bond acceptors (Lipinski definition) is 3. The van der Waals surface area contributed by atoms with Crippen LogP contribution in [0.5, 0.6) is 0 Å². The van der Waals surface area contributed by atoms with E-state index in [4.69, 9.17) is 0 Å². The predicted octanol–water partition coefficient (Wildman–Crippen LogP) is 2.98. The van der Waals surface area contributed by atoms with Gasteiger partial charge in [0, 0.05) is 0 Å². The number of rotatable bonds is 7. The predicted molar refractivity (Wildman–Crippen MR) is 85.8 cm³/mol. The van der Waals surface area contributed by atoms with Crippen LogP contribution in [0.2, 0.25) is 0 Å². The SMILES string of the molecule is CC(C)C[N]1C[N](CC(C)C)[Sn]1[N](C(C)C)C(C)C. The quantitative estimate of drug-likeness (QED) is 0.634. The van der Waals surface area contributed by atoms with E-state index in [1.807, 2.05) is 0 Å². The fourth-order valence-electron chi connectivity index (χ4n) is 3.00. The van der Waals surface area contributed by atoms with Gasteiger partial charge in [-0.05, 0) is 0 Å². The van der Waals surface area contributed by atoms with E-state index in [-0.39, 0.29) is 0 Å². The van der Waals surface area contributed by atoms with Crippen molar-refractivity contribution in [1.82, 2.24) is 9.36 Å². The standard InChI is InChI=1S/C9H20N2.C6H14N.Sn/c1-8(2)5-10-7-11-6-9(3)4;1-5(2)7-6(3)4;/h8-9H,5-7H2,1-4H3;5-6H,1-4H3;/q-2;-1;+3. The molecule has 1 aliphatic heterocycles. The molecule has 1 heterocycles. The molecule has 0 N–H and O–H groups in total. The van der Waals surface area contributed by atoms with E-state index in [0.717, 1.165) is 11.8 Å². The molecule has 1 fully saturated rings. The van der Waals surface area contributed by atoms with E-state index >= 15 is 0 Å². The first-order chi connectivity index (χ1) is 8.73. The molecule has 0 amide bonds. The fourth-order valence-corrected chi connectivity index (χ4v) is 12.7. The Bertz CT molecular complexity index is 242. The Kier molecular flexibility index (Phi) is 7.11. The van der Waals surface area contributed by atoms with Crippen LogP contribution in [0.3, 0.4) is 0 Å². The Morgan fingerprint density at radius 2 is 1.16 bits per heavy atom. The first kappa shape index (κ1) is 17.7. The fraction of sp³-hybridized carbons (Fsp3) is 1.00. The van der Waals surface area contributed by atoms with Gasteiger partial charge in [-0.1, -0.05) is 0 Å². The molecule has 0 aromatic rings. The first-order valence-corrected chi connectivity index (χ1v) is 11.7. The molecular weight excluding hydrogens is 341 g/mol. The van der Waals surface area contributed by atoms with Gasteiger partial charge in [-0.15, -0.1) is 0 Å². The van der Waals surface area contributed by atoms with Crippen LogP contribution >= 0.6 is 0 Å². The van der Waals surface area contributed by atoms with E-state index in [1.165, 1.54) is 19.8 Å². The topological polar surface area (TPSA) is 9.72 Å². The molecule has 1 radical (unpaired) electrons. The van der Waals surface area contributed by atoms with Crippen LogP contribution in [0.15, 0.2) is 0 Å². The average Bonchev–Trinajstić information content (AvgIpc) is 2.21. The summed E-state index contributed by atoms with van der Waals surface area (Å²) in [5, 5.41) is 0. The summed E-state index contributed by atoms with van der Waals surface area (Å²) in [5.41, 5.74) is 0. The van der Waals surface area contributed by atoms with E-state index in [0.29, 0.717) is 12.1 Å². The van der Waals surface area contributed by atoms with E-state index in [2.05, 4.69) is 64.8 Å². The third-order valence-corrected chi connectivity index (χ3v) is 12.8. The summed E-state index contributed by atoms with van der Waals surface area (Å²) in [7, 11) is 0. The molecule has 0 aliphatic carbocycles. The van der Waals surface area contributed by atoms with Gasteiger partial charge in [0.05, 0.1) is 0 Å². The zero-order valence-corrected chi connectivity index (χ0v) is 17.1. The van der Waals surface area contributed by atoms with Crippen LogP contribution in [-0.4, -0.2) is 61.8 Å². The van der Waals surface area contributed by atoms with E-state index < -0.39 is 20.6 Å². The third-order valence-electron chi connectivity index (χ3n) is 3.42. The molecule has 113 valence electrons. The maximum absolute atomic E-state index is 2.84. The van der Waals surface area contributed by atoms with Crippen LogP contribution < -0.4 is 0 Å². The Labute approximate surface area is 129 Å². The summed E-state index contributed by atoms with van der Waals surface area (Å²) in [6.45, 7) is 22.7. The Hall–Kier alpha value is 0.679. The molecule has 1 rings (SSSR count). The van der Waals surface area contributed by atoms with Crippen molar-refractivity contribution >= 4 is 20.6 Å². The second kappa shape index (κ2) is 7.62. The summed E-state index contributed by atoms with van der Waals surface area (Å²) >= 11 is -1.73. The molecule has 0 aromatic heterocycles. The van der Waals surface area contributed by atoms with Gasteiger partial charge in [0.2, 0.25) is 0 Å². The maximum atomic E-state index is 2.84. The normalized spacial score (nSPS) is 19.4. The summed E-state index contributed by atoms with van der Waals surface area (Å²) in [4.78, 5) is 0. The van der Waals surface area contributed by atoms with Gasteiger partial charge in [-0.25, -0.2) is 0 Å². The molecule has 0 saturated carbocycles. The third kappa shape index (κ3) is 4.87. The van der Waals surface area contributed by atoms with Gasteiger partial charge >= 0.3 is 129 Å². The van der Waals surface area contributed by atoms with E-state index in [9.17, 15) is 0 Å². The molecule has 19 heavy (non-hydrogen) atoms. The van der Waals surface area contributed by atoms with Crippen LogP contribution in [0.4, 0.5) is 0 Å². The van der Waals surface area contributed by atoms with Gasteiger partial charge in [0.15, 0.2) is 0 Å². The second-order valence-corrected chi connectivity index (χ2v) is 14.1. The monoisotopic (exact) mass is 376 g/mol. The Morgan fingerprint density at radius 3 is 1.42 bits per heavy atom. The van der Waals surface area contributed by atoms with Crippen molar-refractivity contribution in [2.45, 2.75) is 67.5 Å². The van der Waals surface area contributed by atoms with Crippen molar-refractivity contribution in [3.8, 4) is 0 Å². The van der Waals surface area contributed by atoms with Crippen molar-refractivity contribution in [2.75, 3.05) is 19.8 Å². The van der Waals surface area contributed by atoms with Crippen LogP contribution in [0.25, 0.3) is 0 Å². The van der Waals surface area contributed by atoms with Gasteiger partial charge in [-0.3, -0.25) is 0 Å². The molecular formula is C15H34N3Sn. The first-order valence-electron chi connectivity index (χ1n) is 7.89. The number of nitrogens with zero attached hydrogens (tertiary/aromatic N) is 3.